The van der Waals surface area contributed by atoms with Gasteiger partial charge in [-0.2, -0.15) is 5.26 Å². The first-order valence-electron chi connectivity index (χ1n) is 10.1. The molecule has 30 heavy (non-hydrogen) atoms. The number of non-ortho nitro benzene ring substituents is 1. The maximum absolute atomic E-state index is 11.0. The van der Waals surface area contributed by atoms with E-state index < -0.39 is 4.92 Å². The van der Waals surface area contributed by atoms with Gasteiger partial charge in [-0.3, -0.25) is 10.1 Å². The minimum absolute atomic E-state index is 0.0562. The Hall–Kier alpha value is -3.73. The number of aromatic nitrogens is 2. The summed E-state index contributed by atoms with van der Waals surface area (Å²) >= 11 is 0. The van der Waals surface area contributed by atoms with Gasteiger partial charge in [0, 0.05) is 43.4 Å². The zero-order valence-corrected chi connectivity index (χ0v) is 16.5. The molecule has 0 amide bonds. The van der Waals surface area contributed by atoms with Crippen LogP contribution in [0.2, 0.25) is 0 Å². The Morgan fingerprint density at radius 1 is 1.13 bits per heavy atom. The maximum atomic E-state index is 11.0. The topological polar surface area (TPSA) is 108 Å². The van der Waals surface area contributed by atoms with Gasteiger partial charge in [0.2, 0.25) is 0 Å². The lowest BCUT2D eigenvalue weighted by Crippen LogP contribution is -2.25. The molecule has 0 saturated carbocycles. The number of pyridine rings is 2. The first-order chi connectivity index (χ1) is 14.6. The van der Waals surface area contributed by atoms with Crippen molar-refractivity contribution in [2.75, 3.05) is 23.3 Å². The molecule has 8 heteroatoms. The molecule has 8 nitrogen and oxygen atoms in total. The third kappa shape index (κ3) is 4.30. The lowest BCUT2D eigenvalue weighted by Gasteiger charge is -2.21. The van der Waals surface area contributed by atoms with E-state index in [2.05, 4.69) is 32.3 Å². The molecule has 2 aromatic heterocycles. The SMILES string of the molecule is N#Cc1cc(NCc2ccnc(N3CCCCCC3)c2)nc2ccc([N+](=O)[O-])cc12. The summed E-state index contributed by atoms with van der Waals surface area (Å²) in [6, 6.07) is 12.2. The highest BCUT2D eigenvalue weighted by atomic mass is 16.6. The Bertz CT molecular complexity index is 1120. The fourth-order valence-corrected chi connectivity index (χ4v) is 3.75. The van der Waals surface area contributed by atoms with E-state index in [0.29, 0.717) is 28.8 Å². The number of anilines is 2. The largest absolute Gasteiger partial charge is 0.366 e. The van der Waals surface area contributed by atoms with Crippen molar-refractivity contribution in [3.05, 3.63) is 63.8 Å². The number of nitro groups is 1. The van der Waals surface area contributed by atoms with Crippen LogP contribution in [0.25, 0.3) is 10.9 Å². The second kappa shape index (κ2) is 8.74. The second-order valence-electron chi connectivity index (χ2n) is 7.40. The zero-order chi connectivity index (χ0) is 20.9. The van der Waals surface area contributed by atoms with E-state index in [-0.39, 0.29) is 5.69 Å². The van der Waals surface area contributed by atoms with Crippen molar-refractivity contribution in [2.24, 2.45) is 0 Å². The van der Waals surface area contributed by atoms with E-state index in [0.717, 1.165) is 24.5 Å². The van der Waals surface area contributed by atoms with Gasteiger partial charge < -0.3 is 10.2 Å². The summed E-state index contributed by atoms with van der Waals surface area (Å²) in [7, 11) is 0. The number of benzene rings is 1. The Balaban J connectivity index is 1.53. The van der Waals surface area contributed by atoms with Crippen LogP contribution < -0.4 is 10.2 Å². The van der Waals surface area contributed by atoms with Crippen molar-refractivity contribution in [3.8, 4) is 6.07 Å². The highest BCUT2D eigenvalue weighted by Gasteiger charge is 2.13. The van der Waals surface area contributed by atoms with Gasteiger partial charge in [0.1, 0.15) is 11.6 Å². The predicted octanol–water partition coefficient (Wildman–Crippen LogP) is 4.40. The standard InChI is InChI=1S/C22H22N6O2/c23-14-17-12-21(26-20-6-5-18(28(29)30)13-19(17)20)25-15-16-7-8-24-22(11-16)27-9-3-1-2-4-10-27/h5-8,11-13H,1-4,9-10,15H2,(H,25,26). The molecular weight excluding hydrogens is 380 g/mol. The van der Waals surface area contributed by atoms with Gasteiger partial charge in [-0.05, 0) is 42.7 Å². The molecule has 1 saturated heterocycles. The summed E-state index contributed by atoms with van der Waals surface area (Å²) < 4.78 is 0. The normalized spacial score (nSPS) is 14.2. The van der Waals surface area contributed by atoms with Gasteiger partial charge in [0.05, 0.1) is 22.1 Å². The van der Waals surface area contributed by atoms with Gasteiger partial charge in [0.25, 0.3) is 5.69 Å². The van der Waals surface area contributed by atoms with Gasteiger partial charge >= 0.3 is 0 Å². The zero-order valence-electron chi connectivity index (χ0n) is 16.5. The lowest BCUT2D eigenvalue weighted by molar-refractivity contribution is -0.384. The van der Waals surface area contributed by atoms with Crippen molar-refractivity contribution in [1.29, 1.82) is 5.26 Å². The Morgan fingerprint density at radius 2 is 1.93 bits per heavy atom. The van der Waals surface area contributed by atoms with E-state index in [4.69, 9.17) is 0 Å². The second-order valence-corrected chi connectivity index (χ2v) is 7.40. The van der Waals surface area contributed by atoms with Crippen LogP contribution in [0.15, 0.2) is 42.6 Å². The van der Waals surface area contributed by atoms with E-state index in [9.17, 15) is 15.4 Å². The smallest absolute Gasteiger partial charge is 0.270 e. The van der Waals surface area contributed by atoms with Gasteiger partial charge in [-0.1, -0.05) is 12.8 Å². The fraction of sp³-hybridized carbons (Fsp3) is 0.318. The van der Waals surface area contributed by atoms with Crippen LogP contribution in [0.1, 0.15) is 36.8 Å². The Labute approximate surface area is 174 Å². The highest BCUT2D eigenvalue weighted by Crippen LogP contribution is 2.25. The number of rotatable bonds is 5. The maximum Gasteiger partial charge on any atom is 0.270 e. The number of hydrogen-bond acceptors (Lipinski definition) is 7. The molecule has 0 spiro atoms. The molecular formula is C22H22N6O2. The minimum atomic E-state index is -0.474. The van der Waals surface area contributed by atoms with Crippen molar-refractivity contribution < 1.29 is 4.92 Å². The van der Waals surface area contributed by atoms with Crippen LogP contribution in [-0.2, 0) is 6.54 Å². The van der Waals surface area contributed by atoms with Gasteiger partial charge in [0.15, 0.2) is 0 Å². The molecule has 3 aromatic rings. The van der Waals surface area contributed by atoms with Crippen LogP contribution in [0, 0.1) is 21.4 Å². The summed E-state index contributed by atoms with van der Waals surface area (Å²) in [5.74, 6) is 1.55. The van der Waals surface area contributed by atoms with E-state index >= 15 is 0 Å². The third-order valence-corrected chi connectivity index (χ3v) is 5.34. The summed E-state index contributed by atoms with van der Waals surface area (Å²) in [5, 5.41) is 24.2. The van der Waals surface area contributed by atoms with Crippen molar-refractivity contribution in [1.82, 2.24) is 9.97 Å². The first kappa shape index (κ1) is 19.6. The quantitative estimate of drug-likeness (QED) is 0.497. The molecule has 0 bridgehead atoms. The van der Waals surface area contributed by atoms with Crippen molar-refractivity contribution >= 4 is 28.2 Å². The van der Waals surface area contributed by atoms with Crippen LogP contribution in [0.5, 0.6) is 0 Å². The Kier molecular flexibility index (Phi) is 5.70. The monoisotopic (exact) mass is 402 g/mol. The molecule has 3 heterocycles. The number of fused-ring (bicyclic) bond motifs is 1. The van der Waals surface area contributed by atoms with Crippen molar-refractivity contribution in [3.63, 3.8) is 0 Å². The number of nitriles is 1. The summed E-state index contributed by atoms with van der Waals surface area (Å²) in [4.78, 5) is 21.9. The number of nitrogens with zero attached hydrogens (tertiary/aromatic N) is 5. The van der Waals surface area contributed by atoms with Crippen molar-refractivity contribution in [2.45, 2.75) is 32.2 Å². The highest BCUT2D eigenvalue weighted by molar-refractivity contribution is 5.88. The first-order valence-corrected chi connectivity index (χ1v) is 10.1. The van der Waals surface area contributed by atoms with E-state index in [1.54, 1.807) is 12.1 Å². The predicted molar refractivity (Wildman–Crippen MR) is 115 cm³/mol. The molecule has 0 atom stereocenters. The van der Waals surface area contributed by atoms with Crippen LogP contribution in [0.3, 0.4) is 0 Å². The summed E-state index contributed by atoms with van der Waals surface area (Å²) in [6.45, 7) is 2.61. The van der Waals surface area contributed by atoms with E-state index in [1.807, 2.05) is 12.3 Å². The lowest BCUT2D eigenvalue weighted by atomic mass is 10.1. The van der Waals surface area contributed by atoms with Crippen LogP contribution in [0.4, 0.5) is 17.3 Å². The molecule has 1 aliphatic heterocycles. The summed E-state index contributed by atoms with van der Waals surface area (Å²) in [6.07, 6.45) is 6.76. The molecule has 1 N–H and O–H groups in total. The number of nitrogens with one attached hydrogen (secondary N) is 1. The van der Waals surface area contributed by atoms with Crippen LogP contribution >= 0.6 is 0 Å². The summed E-state index contributed by atoms with van der Waals surface area (Å²) in [5.41, 5.74) is 1.92. The number of hydrogen-bond donors (Lipinski definition) is 1. The average molecular weight is 402 g/mol. The van der Waals surface area contributed by atoms with Gasteiger partial charge in [-0.25, -0.2) is 9.97 Å². The minimum Gasteiger partial charge on any atom is -0.366 e. The molecule has 0 aliphatic carbocycles. The molecule has 1 aromatic carbocycles. The van der Waals surface area contributed by atoms with Gasteiger partial charge in [-0.15, -0.1) is 0 Å². The van der Waals surface area contributed by atoms with Crippen LogP contribution in [-0.4, -0.2) is 28.0 Å². The molecule has 152 valence electrons. The molecule has 1 fully saturated rings. The molecule has 4 rings (SSSR count). The average Bonchev–Trinajstić information content (AvgIpc) is 3.06. The molecule has 0 unspecified atom stereocenters. The third-order valence-electron chi connectivity index (χ3n) is 5.34. The number of nitro benzene ring substituents is 1. The van der Waals surface area contributed by atoms with E-state index in [1.165, 1.54) is 37.8 Å². The fourth-order valence-electron chi connectivity index (χ4n) is 3.75. The molecule has 1 aliphatic rings. The molecule has 0 radical (unpaired) electrons. The Morgan fingerprint density at radius 3 is 2.67 bits per heavy atom.